The molecule has 1 heterocycles. The fourth-order valence-electron chi connectivity index (χ4n) is 1.49. The molecule has 0 fully saturated rings. The average Bonchev–Trinajstić information content (AvgIpc) is 2.78. The Bertz CT molecular complexity index is 261. The molecule has 4 nitrogen and oxygen atoms in total. The molecule has 16 heavy (non-hydrogen) atoms. The second-order valence-electron chi connectivity index (χ2n) is 3.30. The fraction of sp³-hybridized carbons (Fsp3) is 0.727. The van der Waals surface area contributed by atoms with Crippen molar-refractivity contribution in [3.63, 3.8) is 0 Å². The second kappa shape index (κ2) is 7.73. The first kappa shape index (κ1) is 13.6. The number of nitrogens with zero attached hydrogens (tertiary/aromatic N) is 1. The zero-order chi connectivity index (χ0) is 11.8. The molecule has 0 amide bonds. The molecule has 1 aromatic heterocycles. The van der Waals surface area contributed by atoms with Crippen LogP contribution in [0.15, 0.2) is 11.6 Å². The third-order valence-electron chi connectivity index (χ3n) is 2.24. The number of hydrogen-bond acceptors (Lipinski definition) is 5. The largest absolute Gasteiger partial charge is 0.351 e. The molecule has 0 aliphatic rings. The van der Waals surface area contributed by atoms with E-state index in [9.17, 15) is 0 Å². The fourth-order valence-corrected chi connectivity index (χ4v) is 2.16. The Labute approximate surface area is 101 Å². The van der Waals surface area contributed by atoms with Gasteiger partial charge >= 0.3 is 0 Å². The molecule has 0 saturated carbocycles. The van der Waals surface area contributed by atoms with Gasteiger partial charge in [0.15, 0.2) is 6.29 Å². The number of aromatic nitrogens is 1. The van der Waals surface area contributed by atoms with Gasteiger partial charge in [-0.2, -0.15) is 0 Å². The maximum Gasteiger partial charge on any atom is 0.173 e. The summed E-state index contributed by atoms with van der Waals surface area (Å²) in [5.41, 5.74) is 0. The van der Waals surface area contributed by atoms with E-state index in [1.54, 1.807) is 11.3 Å². The van der Waals surface area contributed by atoms with E-state index in [2.05, 4.69) is 10.3 Å². The molecular formula is C11H20N2O2S. The third-order valence-corrected chi connectivity index (χ3v) is 3.04. The number of nitrogens with one attached hydrogen (secondary N) is 1. The average molecular weight is 244 g/mol. The molecule has 1 unspecified atom stereocenters. The first-order valence-electron chi connectivity index (χ1n) is 5.60. The van der Waals surface area contributed by atoms with E-state index in [1.807, 2.05) is 32.5 Å². The van der Waals surface area contributed by atoms with Crippen LogP contribution in [-0.4, -0.2) is 37.6 Å². The molecule has 5 heteroatoms. The molecule has 0 aliphatic heterocycles. The summed E-state index contributed by atoms with van der Waals surface area (Å²) < 4.78 is 11.2. The summed E-state index contributed by atoms with van der Waals surface area (Å²) in [5.74, 6) is 0. The first-order chi connectivity index (χ1) is 7.81. The minimum absolute atomic E-state index is 0.144. The quantitative estimate of drug-likeness (QED) is 0.707. The Hall–Kier alpha value is -0.490. The molecule has 0 saturated heterocycles. The lowest BCUT2D eigenvalue weighted by atomic mass is 10.2. The van der Waals surface area contributed by atoms with Gasteiger partial charge in [-0.05, 0) is 20.9 Å². The van der Waals surface area contributed by atoms with E-state index < -0.39 is 0 Å². The van der Waals surface area contributed by atoms with Crippen molar-refractivity contribution in [2.45, 2.75) is 32.6 Å². The van der Waals surface area contributed by atoms with Crippen LogP contribution in [0.2, 0.25) is 0 Å². The van der Waals surface area contributed by atoms with Crippen molar-refractivity contribution in [2.24, 2.45) is 0 Å². The molecular weight excluding hydrogens is 224 g/mol. The molecule has 0 radical (unpaired) electrons. The predicted molar refractivity (Wildman–Crippen MR) is 65.7 cm³/mol. The van der Waals surface area contributed by atoms with Gasteiger partial charge < -0.3 is 14.8 Å². The Morgan fingerprint density at radius 2 is 2.06 bits per heavy atom. The highest BCUT2D eigenvalue weighted by molar-refractivity contribution is 7.09. The number of thiazole rings is 1. The van der Waals surface area contributed by atoms with Gasteiger partial charge in [0, 0.05) is 31.2 Å². The van der Waals surface area contributed by atoms with Crippen molar-refractivity contribution < 1.29 is 9.47 Å². The van der Waals surface area contributed by atoms with Crippen molar-refractivity contribution in [2.75, 3.05) is 20.3 Å². The maximum absolute atomic E-state index is 5.58. The lowest BCUT2D eigenvalue weighted by Gasteiger charge is -2.25. The molecule has 1 rings (SSSR count). The van der Waals surface area contributed by atoms with Crippen LogP contribution < -0.4 is 5.32 Å². The first-order valence-corrected chi connectivity index (χ1v) is 6.48. The van der Waals surface area contributed by atoms with Crippen LogP contribution in [0.4, 0.5) is 0 Å². The van der Waals surface area contributed by atoms with Crippen LogP contribution in [0.3, 0.4) is 0 Å². The van der Waals surface area contributed by atoms with Crippen LogP contribution in [0, 0.1) is 0 Å². The summed E-state index contributed by atoms with van der Waals surface area (Å²) >= 11 is 1.66. The van der Waals surface area contributed by atoms with E-state index in [4.69, 9.17) is 9.47 Å². The van der Waals surface area contributed by atoms with Crippen LogP contribution in [0.5, 0.6) is 0 Å². The molecule has 1 N–H and O–H groups in total. The van der Waals surface area contributed by atoms with E-state index >= 15 is 0 Å². The van der Waals surface area contributed by atoms with Gasteiger partial charge in [0.25, 0.3) is 0 Å². The number of likely N-dealkylation sites (N-methyl/N-ethyl adjacent to an activating group) is 1. The van der Waals surface area contributed by atoms with Crippen LogP contribution in [0.1, 0.15) is 18.9 Å². The molecule has 0 aromatic carbocycles. The van der Waals surface area contributed by atoms with Gasteiger partial charge in [-0.3, -0.25) is 0 Å². The zero-order valence-electron chi connectivity index (χ0n) is 10.1. The van der Waals surface area contributed by atoms with Crippen molar-refractivity contribution in [1.82, 2.24) is 10.3 Å². The van der Waals surface area contributed by atoms with E-state index in [-0.39, 0.29) is 12.3 Å². The van der Waals surface area contributed by atoms with Crippen molar-refractivity contribution in [1.29, 1.82) is 0 Å². The number of rotatable bonds is 8. The lowest BCUT2D eigenvalue weighted by Crippen LogP contribution is -2.42. The monoisotopic (exact) mass is 244 g/mol. The van der Waals surface area contributed by atoms with Gasteiger partial charge in [0.2, 0.25) is 0 Å². The van der Waals surface area contributed by atoms with Crippen LogP contribution in [-0.2, 0) is 15.9 Å². The standard InChI is InChI=1S/C11H20N2O2S/c1-4-14-11(15-5-2)9(12-3)8-10-13-6-7-16-10/h6-7,9,11-12H,4-5,8H2,1-3H3. The topological polar surface area (TPSA) is 43.4 Å². The van der Waals surface area contributed by atoms with Gasteiger partial charge in [-0.25, -0.2) is 4.98 Å². The summed E-state index contributed by atoms with van der Waals surface area (Å²) in [6.07, 6.45) is 2.45. The molecule has 92 valence electrons. The summed E-state index contributed by atoms with van der Waals surface area (Å²) in [5, 5.41) is 6.31. The second-order valence-corrected chi connectivity index (χ2v) is 4.28. The van der Waals surface area contributed by atoms with E-state index in [1.165, 1.54) is 0 Å². The smallest absolute Gasteiger partial charge is 0.173 e. The molecule has 0 aliphatic carbocycles. The Kier molecular flexibility index (Phi) is 6.56. The van der Waals surface area contributed by atoms with Crippen molar-refractivity contribution >= 4 is 11.3 Å². The number of hydrogen-bond donors (Lipinski definition) is 1. The van der Waals surface area contributed by atoms with E-state index in [0.717, 1.165) is 11.4 Å². The summed E-state index contributed by atoms with van der Waals surface area (Å²) in [6.45, 7) is 5.26. The maximum atomic E-state index is 5.58. The predicted octanol–water partition coefficient (Wildman–Crippen LogP) is 1.67. The Balaban J connectivity index is 2.55. The van der Waals surface area contributed by atoms with Gasteiger partial charge in [0.1, 0.15) is 0 Å². The van der Waals surface area contributed by atoms with Gasteiger partial charge in [0.05, 0.1) is 11.0 Å². The van der Waals surface area contributed by atoms with Crippen LogP contribution >= 0.6 is 11.3 Å². The normalized spacial score (nSPS) is 13.2. The number of ether oxygens (including phenoxy) is 2. The highest BCUT2D eigenvalue weighted by atomic mass is 32.1. The Morgan fingerprint density at radius 3 is 2.50 bits per heavy atom. The minimum Gasteiger partial charge on any atom is -0.351 e. The third kappa shape index (κ3) is 4.17. The van der Waals surface area contributed by atoms with Crippen molar-refractivity contribution in [3.05, 3.63) is 16.6 Å². The van der Waals surface area contributed by atoms with Crippen molar-refractivity contribution in [3.8, 4) is 0 Å². The summed E-state index contributed by atoms with van der Waals surface area (Å²) in [7, 11) is 1.92. The molecule has 0 bridgehead atoms. The van der Waals surface area contributed by atoms with Gasteiger partial charge in [-0.1, -0.05) is 0 Å². The molecule has 1 atom stereocenters. The highest BCUT2D eigenvalue weighted by Gasteiger charge is 2.21. The SMILES string of the molecule is CCOC(OCC)C(Cc1nccs1)NC. The zero-order valence-corrected chi connectivity index (χ0v) is 10.9. The lowest BCUT2D eigenvalue weighted by molar-refractivity contribution is -0.152. The van der Waals surface area contributed by atoms with Crippen LogP contribution in [0.25, 0.3) is 0 Å². The summed E-state index contributed by atoms with van der Waals surface area (Å²) in [6, 6.07) is 0.144. The minimum atomic E-state index is -0.205. The molecule has 0 spiro atoms. The Morgan fingerprint density at radius 1 is 1.38 bits per heavy atom. The highest BCUT2D eigenvalue weighted by Crippen LogP contribution is 2.12. The summed E-state index contributed by atoms with van der Waals surface area (Å²) in [4.78, 5) is 4.27. The van der Waals surface area contributed by atoms with Gasteiger partial charge in [-0.15, -0.1) is 11.3 Å². The molecule has 1 aromatic rings. The van der Waals surface area contributed by atoms with E-state index in [0.29, 0.717) is 13.2 Å².